The van der Waals surface area contributed by atoms with E-state index in [-0.39, 0.29) is 0 Å². The fraction of sp³-hybridized carbons (Fsp3) is 0.571. The summed E-state index contributed by atoms with van der Waals surface area (Å²) in [5.74, 6) is 1.38. The molecule has 0 N–H and O–H groups in total. The van der Waals surface area contributed by atoms with Crippen LogP contribution in [0.4, 0.5) is 0 Å². The first-order chi connectivity index (χ1) is 4.79. The highest BCUT2D eigenvalue weighted by molar-refractivity contribution is 14.1. The Bertz CT molecular complexity index is 217. The first kappa shape index (κ1) is 8.04. The van der Waals surface area contributed by atoms with Crippen LogP contribution in [-0.4, -0.2) is 4.57 Å². The van der Waals surface area contributed by atoms with Gasteiger partial charge in [0.15, 0.2) is 0 Å². The van der Waals surface area contributed by atoms with Crippen molar-refractivity contribution in [3.05, 3.63) is 18.2 Å². The fourth-order valence-electron chi connectivity index (χ4n) is 1.01. The molecule has 1 aromatic heterocycles. The quantitative estimate of drug-likeness (QED) is 0.425. The molecule has 0 aliphatic rings. The van der Waals surface area contributed by atoms with Crippen LogP contribution >= 0.6 is 22.6 Å². The highest BCUT2D eigenvalue weighted by atomic mass is 127. The van der Waals surface area contributed by atoms with Gasteiger partial charge in [-0.3, -0.25) is 0 Å². The zero-order valence-corrected chi connectivity index (χ0v) is 8.50. The molecule has 0 aromatic carbocycles. The Balaban J connectivity index is 3.01. The molecule has 0 fully saturated rings. The molecule has 0 amide bonds. The maximum absolute atomic E-state index is 2.38. The zero-order valence-electron chi connectivity index (χ0n) is 6.34. The van der Waals surface area contributed by atoms with E-state index in [1.807, 2.05) is 0 Å². The summed E-state index contributed by atoms with van der Waals surface area (Å²) in [6, 6.07) is 0. The first-order valence-electron chi connectivity index (χ1n) is 3.39. The van der Waals surface area contributed by atoms with E-state index in [0.29, 0.717) is 0 Å². The summed E-state index contributed by atoms with van der Waals surface area (Å²) in [5.41, 5.74) is 0. The lowest BCUT2D eigenvalue weighted by Crippen LogP contribution is -2.31. The molecule has 3 heteroatoms. The van der Waals surface area contributed by atoms with Gasteiger partial charge in [-0.15, -0.1) is 0 Å². The molecule has 0 atom stereocenters. The van der Waals surface area contributed by atoms with Crippen molar-refractivity contribution in [3.8, 4) is 0 Å². The average molecular weight is 251 g/mol. The molecule has 0 radical (unpaired) electrons. The van der Waals surface area contributed by atoms with Crippen molar-refractivity contribution >= 4 is 22.6 Å². The predicted molar refractivity (Wildman–Crippen MR) is 49.0 cm³/mol. The topological polar surface area (TPSA) is 8.81 Å². The van der Waals surface area contributed by atoms with Crippen molar-refractivity contribution < 1.29 is 4.57 Å². The molecule has 0 aliphatic heterocycles. The van der Waals surface area contributed by atoms with E-state index in [1.165, 1.54) is 5.82 Å². The number of hydrogen-bond donors (Lipinski definition) is 0. The Kier molecular flexibility index (Phi) is 2.71. The molecule has 0 unspecified atom stereocenters. The van der Waals surface area contributed by atoms with Gasteiger partial charge in [0.2, 0.25) is 0 Å². The van der Waals surface area contributed by atoms with E-state index in [9.17, 15) is 0 Å². The van der Waals surface area contributed by atoms with E-state index in [2.05, 4.69) is 58.1 Å². The number of rotatable bonds is 2. The van der Waals surface area contributed by atoms with Gasteiger partial charge >= 0.3 is 0 Å². The van der Waals surface area contributed by atoms with Crippen molar-refractivity contribution in [2.24, 2.45) is 7.05 Å². The molecular weight excluding hydrogens is 239 g/mol. The summed E-state index contributed by atoms with van der Waals surface area (Å²) in [7, 11) is 2.08. The third-order valence-corrected chi connectivity index (χ3v) is 2.35. The van der Waals surface area contributed by atoms with E-state index in [1.54, 1.807) is 0 Å². The van der Waals surface area contributed by atoms with E-state index < -0.39 is 0 Å². The van der Waals surface area contributed by atoms with Crippen LogP contribution in [0.15, 0.2) is 12.4 Å². The van der Waals surface area contributed by atoms with Crippen molar-refractivity contribution in [3.63, 3.8) is 0 Å². The molecule has 56 valence electrons. The monoisotopic (exact) mass is 251 g/mol. The highest BCUT2D eigenvalue weighted by Crippen LogP contribution is 2.00. The summed E-state index contributed by atoms with van der Waals surface area (Å²) < 4.78 is 5.50. The van der Waals surface area contributed by atoms with Crippen LogP contribution in [0, 0.1) is 0 Å². The predicted octanol–water partition coefficient (Wildman–Crippen LogP) is 1.27. The number of imidazole rings is 1. The lowest BCUT2D eigenvalue weighted by Gasteiger charge is -1.93. The Hall–Kier alpha value is -0.0600. The molecule has 1 rings (SSSR count). The van der Waals surface area contributed by atoms with Crippen LogP contribution in [0.25, 0.3) is 0 Å². The third kappa shape index (κ3) is 1.33. The Labute approximate surface area is 75.0 Å². The molecule has 10 heavy (non-hydrogen) atoms. The van der Waals surface area contributed by atoms with Crippen LogP contribution in [0.3, 0.4) is 0 Å². The van der Waals surface area contributed by atoms with Gasteiger partial charge in [0, 0.05) is 0 Å². The van der Waals surface area contributed by atoms with Gasteiger partial charge in [0.1, 0.15) is 16.8 Å². The van der Waals surface area contributed by atoms with Crippen LogP contribution in [0.2, 0.25) is 0 Å². The molecule has 0 saturated heterocycles. The molecular formula is C7H12IN2+. The second-order valence-corrected chi connectivity index (χ2v) is 3.01. The number of nitrogens with zero attached hydrogens (tertiary/aromatic N) is 2. The van der Waals surface area contributed by atoms with Gasteiger partial charge < -0.3 is 0 Å². The summed E-state index contributed by atoms with van der Waals surface area (Å²) in [5, 5.41) is 0. The fourth-order valence-corrected chi connectivity index (χ4v) is 1.99. The third-order valence-electron chi connectivity index (χ3n) is 1.67. The highest BCUT2D eigenvalue weighted by Gasteiger charge is 2.09. The van der Waals surface area contributed by atoms with Crippen LogP contribution in [-0.2, 0) is 18.0 Å². The molecule has 0 bridgehead atoms. The van der Waals surface area contributed by atoms with E-state index >= 15 is 0 Å². The van der Waals surface area contributed by atoms with Crippen LogP contribution in [0.5, 0.6) is 0 Å². The summed E-state index contributed by atoms with van der Waals surface area (Å²) in [6.45, 7) is 3.23. The summed E-state index contributed by atoms with van der Waals surface area (Å²) >= 11 is 2.38. The maximum Gasteiger partial charge on any atom is 0.266 e. The number of aromatic nitrogens is 2. The summed E-state index contributed by atoms with van der Waals surface area (Å²) in [6.07, 6.45) is 4.21. The van der Waals surface area contributed by atoms with E-state index in [4.69, 9.17) is 0 Å². The average Bonchev–Trinajstić information content (AvgIpc) is 2.30. The second-order valence-electron chi connectivity index (χ2n) is 2.24. The van der Waals surface area contributed by atoms with Crippen molar-refractivity contribution in [2.45, 2.75) is 17.9 Å². The first-order valence-corrected chi connectivity index (χ1v) is 4.91. The van der Waals surface area contributed by atoms with Crippen molar-refractivity contribution in [1.29, 1.82) is 0 Å². The number of halogens is 1. The largest absolute Gasteiger partial charge is 0.266 e. The Morgan fingerprint density at radius 2 is 2.40 bits per heavy atom. The second kappa shape index (κ2) is 3.37. The molecule has 0 saturated carbocycles. The van der Waals surface area contributed by atoms with Gasteiger partial charge in [-0.1, -0.05) is 22.6 Å². The minimum Gasteiger partial charge on any atom is -0.236 e. The van der Waals surface area contributed by atoms with Crippen LogP contribution < -0.4 is 4.57 Å². The molecule has 2 nitrogen and oxygen atoms in total. The van der Waals surface area contributed by atoms with Gasteiger partial charge in [0.05, 0.1) is 13.6 Å². The molecule has 1 aromatic rings. The van der Waals surface area contributed by atoms with Gasteiger partial charge in [-0.05, 0) is 6.92 Å². The Morgan fingerprint density at radius 3 is 2.80 bits per heavy atom. The lowest BCUT2D eigenvalue weighted by atomic mass is 10.6. The van der Waals surface area contributed by atoms with E-state index in [0.717, 1.165) is 11.0 Å². The number of hydrogen-bond acceptors (Lipinski definition) is 0. The minimum atomic E-state index is 1.07. The van der Waals surface area contributed by atoms with Gasteiger partial charge in [0.25, 0.3) is 5.82 Å². The van der Waals surface area contributed by atoms with Gasteiger partial charge in [-0.25, -0.2) is 9.13 Å². The molecule has 1 heterocycles. The van der Waals surface area contributed by atoms with Crippen molar-refractivity contribution in [2.75, 3.05) is 0 Å². The lowest BCUT2D eigenvalue weighted by molar-refractivity contribution is -0.677. The minimum absolute atomic E-state index is 1.07. The Morgan fingerprint density at radius 1 is 1.70 bits per heavy atom. The number of alkyl halides is 1. The normalized spacial score (nSPS) is 10.3. The van der Waals surface area contributed by atoms with Crippen molar-refractivity contribution in [1.82, 2.24) is 4.57 Å². The SMILES string of the molecule is CCn1cc[n+](C)c1CI. The summed E-state index contributed by atoms with van der Waals surface area (Å²) in [4.78, 5) is 0. The van der Waals surface area contributed by atoms with Gasteiger partial charge in [-0.2, -0.15) is 0 Å². The maximum atomic E-state index is 2.38. The standard InChI is InChI=1S/C7H12IN2/c1-3-10-5-4-9(2)7(10)6-8/h4-5H,3,6H2,1-2H3/q+1. The smallest absolute Gasteiger partial charge is 0.236 e. The molecule has 0 aliphatic carbocycles. The number of aryl methyl sites for hydroxylation is 2. The zero-order chi connectivity index (χ0) is 7.56. The van der Waals surface area contributed by atoms with Crippen LogP contribution in [0.1, 0.15) is 12.7 Å². The molecule has 0 spiro atoms.